The third-order valence-corrected chi connectivity index (χ3v) is 2.58. The second kappa shape index (κ2) is 6.59. The minimum absolute atomic E-state index is 0.0106. The van der Waals surface area contributed by atoms with E-state index in [1.165, 1.54) is 6.92 Å². The van der Waals surface area contributed by atoms with Crippen molar-refractivity contribution >= 4 is 23.9 Å². The highest BCUT2D eigenvalue weighted by Crippen LogP contribution is 2.14. The Balaban J connectivity index is 2.72. The number of hydrogen-bond acceptors (Lipinski definition) is 6. The second-order valence-electron chi connectivity index (χ2n) is 5.92. The quantitative estimate of drug-likeness (QED) is 0.615. The summed E-state index contributed by atoms with van der Waals surface area (Å²) in [5.74, 6) is -2.19. The van der Waals surface area contributed by atoms with Crippen LogP contribution in [0.4, 0.5) is 4.79 Å². The molecule has 1 aliphatic heterocycles. The SMILES string of the molecule is C=C(C)[C@H](NC(=O)OC(C)(C)C)C(=O)ON1C(=O)CCC1=O. The first-order chi connectivity index (χ1) is 10.0. The Morgan fingerprint density at radius 1 is 1.23 bits per heavy atom. The van der Waals surface area contributed by atoms with Crippen LogP contribution in [0.2, 0.25) is 0 Å². The van der Waals surface area contributed by atoms with Crippen molar-refractivity contribution in [2.75, 3.05) is 0 Å². The molecule has 1 saturated heterocycles. The molecule has 8 nitrogen and oxygen atoms in total. The molecular weight excluding hydrogens is 292 g/mol. The molecule has 122 valence electrons. The molecule has 8 heteroatoms. The minimum Gasteiger partial charge on any atom is -0.444 e. The predicted molar refractivity (Wildman–Crippen MR) is 75.2 cm³/mol. The Labute approximate surface area is 128 Å². The van der Waals surface area contributed by atoms with E-state index in [4.69, 9.17) is 9.57 Å². The lowest BCUT2D eigenvalue weighted by molar-refractivity contribution is -0.198. The summed E-state index contributed by atoms with van der Waals surface area (Å²) in [6.45, 7) is 10.1. The summed E-state index contributed by atoms with van der Waals surface area (Å²) in [4.78, 5) is 51.3. The predicted octanol–water partition coefficient (Wildman–Crippen LogP) is 1.06. The number of nitrogens with zero attached hydrogens (tertiary/aromatic N) is 1. The fraction of sp³-hybridized carbons (Fsp3) is 0.571. The molecule has 0 bridgehead atoms. The van der Waals surface area contributed by atoms with Gasteiger partial charge in [-0.25, -0.2) is 9.59 Å². The van der Waals surface area contributed by atoms with Crippen molar-refractivity contribution in [2.24, 2.45) is 0 Å². The van der Waals surface area contributed by atoms with Crippen molar-refractivity contribution in [2.45, 2.75) is 52.2 Å². The van der Waals surface area contributed by atoms with Crippen LogP contribution in [0.15, 0.2) is 12.2 Å². The van der Waals surface area contributed by atoms with Crippen molar-refractivity contribution in [1.82, 2.24) is 10.4 Å². The molecule has 3 amide bonds. The maximum absolute atomic E-state index is 12.0. The number of nitrogens with one attached hydrogen (secondary N) is 1. The van der Waals surface area contributed by atoms with Crippen molar-refractivity contribution in [3.63, 3.8) is 0 Å². The highest BCUT2D eigenvalue weighted by atomic mass is 16.7. The summed E-state index contributed by atoms with van der Waals surface area (Å²) < 4.78 is 5.03. The van der Waals surface area contributed by atoms with Crippen LogP contribution in [0.3, 0.4) is 0 Å². The molecule has 0 aromatic heterocycles. The summed E-state index contributed by atoms with van der Waals surface area (Å²) in [6, 6.07) is -1.23. The van der Waals surface area contributed by atoms with Gasteiger partial charge < -0.3 is 14.9 Å². The molecule has 0 saturated carbocycles. The largest absolute Gasteiger partial charge is 0.444 e. The highest BCUT2D eigenvalue weighted by Gasteiger charge is 2.36. The van der Waals surface area contributed by atoms with Gasteiger partial charge in [0.05, 0.1) is 0 Å². The van der Waals surface area contributed by atoms with Crippen LogP contribution in [0.5, 0.6) is 0 Å². The van der Waals surface area contributed by atoms with E-state index < -0.39 is 35.5 Å². The standard InChI is InChI=1S/C14H20N2O6/c1-8(2)11(15-13(20)21-14(3,4)5)12(19)22-16-9(17)6-7-10(16)18/h11H,1,6-7H2,2-5H3,(H,15,20)/t11-/m0/s1. The summed E-state index contributed by atoms with van der Waals surface area (Å²) in [6.07, 6.45) is -0.858. The number of carbonyl (C=O) groups excluding carboxylic acids is 4. The summed E-state index contributed by atoms with van der Waals surface area (Å²) in [5, 5.41) is 2.70. The Morgan fingerprint density at radius 2 is 1.73 bits per heavy atom. The van der Waals surface area contributed by atoms with Gasteiger partial charge in [-0.15, -0.1) is 5.06 Å². The third kappa shape index (κ3) is 4.87. The van der Waals surface area contributed by atoms with Gasteiger partial charge in [-0.05, 0) is 33.3 Å². The molecule has 0 aliphatic carbocycles. The number of hydroxylamine groups is 2. The Kier molecular flexibility index (Phi) is 5.29. The summed E-state index contributed by atoms with van der Waals surface area (Å²) in [7, 11) is 0. The minimum atomic E-state index is -1.23. The Hall–Kier alpha value is -2.38. The lowest BCUT2D eigenvalue weighted by atomic mass is 10.1. The number of rotatable bonds is 4. The zero-order chi connectivity index (χ0) is 17.1. The van der Waals surface area contributed by atoms with Crippen LogP contribution >= 0.6 is 0 Å². The molecule has 0 unspecified atom stereocenters. The number of ether oxygens (including phenoxy) is 1. The molecule has 1 aliphatic rings. The monoisotopic (exact) mass is 312 g/mol. The fourth-order valence-corrected chi connectivity index (χ4v) is 1.61. The van der Waals surface area contributed by atoms with Gasteiger partial charge in [0.15, 0.2) is 6.04 Å². The van der Waals surface area contributed by atoms with Crippen molar-refractivity contribution in [3.8, 4) is 0 Å². The first kappa shape index (κ1) is 17.7. The van der Waals surface area contributed by atoms with Gasteiger partial charge in [-0.3, -0.25) is 9.59 Å². The van der Waals surface area contributed by atoms with Crippen LogP contribution < -0.4 is 5.32 Å². The zero-order valence-corrected chi connectivity index (χ0v) is 13.1. The lowest BCUT2D eigenvalue weighted by Crippen LogP contribution is -2.47. The molecule has 0 aromatic rings. The number of carbonyl (C=O) groups is 4. The second-order valence-corrected chi connectivity index (χ2v) is 5.92. The van der Waals surface area contributed by atoms with E-state index in [-0.39, 0.29) is 18.4 Å². The van der Waals surface area contributed by atoms with Gasteiger partial charge >= 0.3 is 12.1 Å². The molecule has 1 fully saturated rings. The van der Waals surface area contributed by atoms with Gasteiger partial charge in [0.1, 0.15) is 5.60 Å². The van der Waals surface area contributed by atoms with Crippen LogP contribution in [-0.2, 0) is 24.0 Å². The van der Waals surface area contributed by atoms with Crippen molar-refractivity contribution in [3.05, 3.63) is 12.2 Å². The van der Waals surface area contributed by atoms with E-state index >= 15 is 0 Å². The number of amides is 3. The first-order valence-electron chi connectivity index (χ1n) is 6.74. The fourth-order valence-electron chi connectivity index (χ4n) is 1.61. The topological polar surface area (TPSA) is 102 Å². The zero-order valence-electron chi connectivity index (χ0n) is 13.1. The van der Waals surface area contributed by atoms with Gasteiger partial charge in [-0.2, -0.15) is 0 Å². The molecule has 1 heterocycles. The van der Waals surface area contributed by atoms with Crippen molar-refractivity contribution in [1.29, 1.82) is 0 Å². The average Bonchev–Trinajstić information content (AvgIpc) is 2.65. The summed E-state index contributed by atoms with van der Waals surface area (Å²) in [5.41, 5.74) is -0.468. The van der Waals surface area contributed by atoms with Gasteiger partial charge in [0.2, 0.25) is 0 Å². The smallest absolute Gasteiger partial charge is 0.408 e. The molecule has 0 spiro atoms. The third-order valence-electron chi connectivity index (χ3n) is 2.58. The normalized spacial score (nSPS) is 16.3. The van der Waals surface area contributed by atoms with E-state index in [0.717, 1.165) is 0 Å². The molecule has 1 atom stereocenters. The maximum Gasteiger partial charge on any atom is 0.408 e. The maximum atomic E-state index is 12.0. The first-order valence-corrected chi connectivity index (χ1v) is 6.74. The van der Waals surface area contributed by atoms with Gasteiger partial charge in [-0.1, -0.05) is 6.58 Å². The van der Waals surface area contributed by atoms with Crippen molar-refractivity contribution < 1.29 is 28.8 Å². The molecule has 0 radical (unpaired) electrons. The number of alkyl carbamates (subject to hydrolysis) is 1. The van der Waals surface area contributed by atoms with E-state index in [1.54, 1.807) is 20.8 Å². The lowest BCUT2D eigenvalue weighted by Gasteiger charge is -2.23. The number of imide groups is 1. The van der Waals surface area contributed by atoms with Crippen LogP contribution in [0.25, 0.3) is 0 Å². The average molecular weight is 312 g/mol. The van der Waals surface area contributed by atoms with E-state index in [0.29, 0.717) is 5.06 Å². The van der Waals surface area contributed by atoms with E-state index in [2.05, 4.69) is 11.9 Å². The molecule has 22 heavy (non-hydrogen) atoms. The van der Waals surface area contributed by atoms with Gasteiger partial charge in [0.25, 0.3) is 11.8 Å². The molecule has 0 aromatic carbocycles. The van der Waals surface area contributed by atoms with Gasteiger partial charge in [0, 0.05) is 12.8 Å². The molecular formula is C14H20N2O6. The summed E-state index contributed by atoms with van der Waals surface area (Å²) >= 11 is 0. The van der Waals surface area contributed by atoms with Crippen LogP contribution in [0.1, 0.15) is 40.5 Å². The number of hydrogen-bond donors (Lipinski definition) is 1. The molecule has 1 rings (SSSR count). The highest BCUT2D eigenvalue weighted by molar-refractivity contribution is 6.02. The van der Waals surface area contributed by atoms with Crippen LogP contribution in [0, 0.1) is 0 Å². The molecule has 1 N–H and O–H groups in total. The Morgan fingerprint density at radius 3 is 2.14 bits per heavy atom. The Bertz CT molecular complexity index is 504. The van der Waals surface area contributed by atoms with E-state index in [1.807, 2.05) is 0 Å². The van der Waals surface area contributed by atoms with E-state index in [9.17, 15) is 19.2 Å². The van der Waals surface area contributed by atoms with Crippen LogP contribution in [-0.4, -0.2) is 40.6 Å².